The Bertz CT molecular complexity index is 1030. The third-order valence-electron chi connectivity index (χ3n) is 5.70. The third-order valence-corrected chi connectivity index (χ3v) is 5.70. The van der Waals surface area contributed by atoms with Crippen molar-refractivity contribution in [3.63, 3.8) is 0 Å². The molecule has 2 fully saturated rings. The number of nitrogens with zero attached hydrogens (tertiary/aromatic N) is 5. The van der Waals surface area contributed by atoms with Crippen molar-refractivity contribution in [1.29, 1.82) is 0 Å². The van der Waals surface area contributed by atoms with Gasteiger partial charge in [0.25, 0.3) is 0 Å². The fourth-order valence-corrected chi connectivity index (χ4v) is 3.99. The monoisotopic (exact) mass is 408 g/mol. The number of aryl methyl sites for hydroxylation is 1. The summed E-state index contributed by atoms with van der Waals surface area (Å²) in [7, 11) is 0. The lowest BCUT2D eigenvalue weighted by Crippen LogP contribution is -2.56. The van der Waals surface area contributed by atoms with Crippen LogP contribution in [0.25, 0.3) is 5.69 Å². The summed E-state index contributed by atoms with van der Waals surface area (Å²) in [5.74, 6) is 0.177. The number of anilines is 3. The lowest BCUT2D eigenvalue weighted by Gasteiger charge is -2.43. The molecule has 30 heavy (non-hydrogen) atoms. The highest BCUT2D eigenvalue weighted by Crippen LogP contribution is 2.26. The van der Waals surface area contributed by atoms with E-state index in [2.05, 4.69) is 50.3 Å². The van der Waals surface area contributed by atoms with Crippen molar-refractivity contribution in [2.75, 3.05) is 49.6 Å². The molecular weight excluding hydrogens is 383 g/mol. The lowest BCUT2D eigenvalue weighted by molar-refractivity contribution is -0.0660. The van der Waals surface area contributed by atoms with Gasteiger partial charge in [-0.15, -0.1) is 5.10 Å². The molecule has 0 saturated carbocycles. The summed E-state index contributed by atoms with van der Waals surface area (Å²) in [6.45, 7) is 7.96. The molecule has 1 N–H and O–H groups in total. The van der Waals surface area contributed by atoms with Crippen LogP contribution < -0.4 is 10.2 Å². The molecule has 0 atom stereocenters. The summed E-state index contributed by atoms with van der Waals surface area (Å²) in [5, 5.41) is 7.71. The fourth-order valence-electron chi connectivity index (χ4n) is 3.99. The summed E-state index contributed by atoms with van der Waals surface area (Å²) in [5.41, 5.74) is 3.95. The van der Waals surface area contributed by atoms with Crippen molar-refractivity contribution in [2.24, 2.45) is 0 Å². The van der Waals surface area contributed by atoms with Crippen LogP contribution in [-0.2, 0) is 4.74 Å². The smallest absolute Gasteiger partial charge is 0.246 e. The van der Waals surface area contributed by atoms with Gasteiger partial charge >= 0.3 is 0 Å². The second kappa shape index (κ2) is 8.04. The minimum atomic E-state index is -0.300. The van der Waals surface area contributed by atoms with Gasteiger partial charge in [-0.1, -0.05) is 6.07 Å². The predicted octanol–water partition coefficient (Wildman–Crippen LogP) is 2.98. The van der Waals surface area contributed by atoms with E-state index in [4.69, 9.17) is 4.74 Å². The molecule has 7 nitrogen and oxygen atoms in total. The van der Waals surface area contributed by atoms with Gasteiger partial charge in [0.1, 0.15) is 12.1 Å². The van der Waals surface area contributed by atoms with Gasteiger partial charge in [-0.3, -0.25) is 4.90 Å². The Labute approximate surface area is 175 Å². The summed E-state index contributed by atoms with van der Waals surface area (Å²) < 4.78 is 20.4. The zero-order chi connectivity index (χ0) is 20.5. The van der Waals surface area contributed by atoms with Crippen molar-refractivity contribution < 1.29 is 9.13 Å². The molecule has 156 valence electrons. The van der Waals surface area contributed by atoms with Crippen molar-refractivity contribution >= 4 is 17.3 Å². The lowest BCUT2D eigenvalue weighted by atomic mass is 10.1. The van der Waals surface area contributed by atoms with E-state index in [1.54, 1.807) is 23.1 Å². The molecule has 3 heterocycles. The minimum absolute atomic E-state index is 0.300. The Morgan fingerprint density at radius 1 is 1.03 bits per heavy atom. The van der Waals surface area contributed by atoms with E-state index in [1.807, 2.05) is 0 Å². The third kappa shape index (κ3) is 4.01. The van der Waals surface area contributed by atoms with Crippen molar-refractivity contribution in [1.82, 2.24) is 19.7 Å². The molecule has 2 aromatic carbocycles. The van der Waals surface area contributed by atoms with Crippen LogP contribution in [0.3, 0.4) is 0 Å². The minimum Gasteiger partial charge on any atom is -0.378 e. The zero-order valence-corrected chi connectivity index (χ0v) is 17.0. The Kier molecular flexibility index (Phi) is 5.10. The number of hydrogen-bond acceptors (Lipinski definition) is 6. The normalized spacial score (nSPS) is 17.7. The second-order valence-corrected chi connectivity index (χ2v) is 7.89. The molecule has 0 spiro atoms. The van der Waals surface area contributed by atoms with Gasteiger partial charge in [0.2, 0.25) is 5.95 Å². The van der Waals surface area contributed by atoms with Crippen LogP contribution >= 0.6 is 0 Å². The van der Waals surface area contributed by atoms with Crippen LogP contribution in [-0.4, -0.2) is 65.1 Å². The standard InChI is InChI=1S/C22H25FN6O/c1-16-9-18(25-22-24-15-29(26-22)19-4-2-3-17(23)11-19)12-20(10-16)27-5-7-28(8-6-27)21-13-30-14-21/h2-4,9-12,15,21H,5-8,13-14H2,1H3,(H,25,26). The molecule has 8 heteroatoms. The summed E-state index contributed by atoms with van der Waals surface area (Å²) in [6, 6.07) is 13.3. The zero-order valence-electron chi connectivity index (χ0n) is 17.0. The highest BCUT2D eigenvalue weighted by atomic mass is 19.1. The van der Waals surface area contributed by atoms with Crippen molar-refractivity contribution in [2.45, 2.75) is 13.0 Å². The van der Waals surface area contributed by atoms with Crippen LogP contribution in [0.15, 0.2) is 48.8 Å². The summed E-state index contributed by atoms with van der Waals surface area (Å²) in [4.78, 5) is 9.27. The van der Waals surface area contributed by atoms with E-state index in [0.717, 1.165) is 45.1 Å². The maximum Gasteiger partial charge on any atom is 0.246 e. The number of halogens is 1. The van der Waals surface area contributed by atoms with Gasteiger partial charge < -0.3 is 15.0 Å². The van der Waals surface area contributed by atoms with Crippen LogP contribution in [0.4, 0.5) is 21.7 Å². The first-order valence-corrected chi connectivity index (χ1v) is 10.3. The molecule has 0 radical (unpaired) electrons. The number of hydrogen-bond donors (Lipinski definition) is 1. The quantitative estimate of drug-likeness (QED) is 0.701. The van der Waals surface area contributed by atoms with Crippen LogP contribution in [0.1, 0.15) is 5.56 Å². The highest BCUT2D eigenvalue weighted by Gasteiger charge is 2.29. The van der Waals surface area contributed by atoms with E-state index in [9.17, 15) is 4.39 Å². The second-order valence-electron chi connectivity index (χ2n) is 7.89. The molecule has 0 bridgehead atoms. The number of nitrogens with one attached hydrogen (secondary N) is 1. The molecule has 1 aromatic heterocycles. The molecule has 0 unspecified atom stereocenters. The first-order valence-electron chi connectivity index (χ1n) is 10.3. The van der Waals surface area contributed by atoms with E-state index < -0.39 is 0 Å². The molecule has 3 aromatic rings. The van der Waals surface area contributed by atoms with Gasteiger partial charge in [0, 0.05) is 37.6 Å². The van der Waals surface area contributed by atoms with Crippen molar-refractivity contribution in [3.8, 4) is 5.69 Å². The Hall–Kier alpha value is -2.97. The predicted molar refractivity (Wildman–Crippen MR) is 114 cm³/mol. The number of aromatic nitrogens is 3. The summed E-state index contributed by atoms with van der Waals surface area (Å²) >= 11 is 0. The Balaban J connectivity index is 1.28. The average Bonchev–Trinajstić information content (AvgIpc) is 3.15. The van der Waals surface area contributed by atoms with E-state index in [-0.39, 0.29) is 5.82 Å². The maximum atomic E-state index is 13.5. The van der Waals surface area contributed by atoms with Crippen LogP contribution in [0.2, 0.25) is 0 Å². The SMILES string of the molecule is Cc1cc(Nc2ncn(-c3cccc(F)c3)n2)cc(N2CCN(C3COC3)CC2)c1. The van der Waals surface area contributed by atoms with Gasteiger partial charge in [0.15, 0.2) is 0 Å². The van der Waals surface area contributed by atoms with Gasteiger partial charge in [-0.2, -0.15) is 4.98 Å². The van der Waals surface area contributed by atoms with Gasteiger partial charge in [0.05, 0.1) is 24.9 Å². The molecular formula is C22H25FN6O. The topological polar surface area (TPSA) is 58.5 Å². The largest absolute Gasteiger partial charge is 0.378 e. The summed E-state index contributed by atoms with van der Waals surface area (Å²) in [6.07, 6.45) is 1.58. The molecule has 0 aliphatic carbocycles. The maximum absolute atomic E-state index is 13.5. The molecule has 2 aliphatic heterocycles. The highest BCUT2D eigenvalue weighted by molar-refractivity contribution is 5.64. The molecule has 5 rings (SSSR count). The first kappa shape index (κ1) is 19.0. The Morgan fingerprint density at radius 2 is 1.87 bits per heavy atom. The Morgan fingerprint density at radius 3 is 2.60 bits per heavy atom. The van der Waals surface area contributed by atoms with Crippen LogP contribution in [0, 0.1) is 12.7 Å². The molecule has 2 aliphatic rings. The van der Waals surface area contributed by atoms with E-state index in [1.165, 1.54) is 23.4 Å². The van der Waals surface area contributed by atoms with Gasteiger partial charge in [-0.05, 0) is 48.9 Å². The van der Waals surface area contributed by atoms with E-state index >= 15 is 0 Å². The number of piperazine rings is 1. The molecule has 0 amide bonds. The van der Waals surface area contributed by atoms with Crippen molar-refractivity contribution in [3.05, 3.63) is 60.2 Å². The van der Waals surface area contributed by atoms with Gasteiger partial charge in [-0.25, -0.2) is 9.07 Å². The van der Waals surface area contributed by atoms with E-state index in [0.29, 0.717) is 17.7 Å². The molecule has 2 saturated heterocycles. The number of rotatable bonds is 5. The first-order chi connectivity index (χ1) is 14.6. The number of ether oxygens (including phenoxy) is 1. The number of benzene rings is 2. The van der Waals surface area contributed by atoms with Crippen LogP contribution in [0.5, 0.6) is 0 Å². The average molecular weight is 408 g/mol. The fraction of sp³-hybridized carbons (Fsp3) is 0.364.